The smallest absolute Gasteiger partial charge is 0.312 e. The van der Waals surface area contributed by atoms with Gasteiger partial charge in [0.2, 0.25) is 0 Å². The minimum atomic E-state index is -0.613. The van der Waals surface area contributed by atoms with Crippen LogP contribution in [0.2, 0.25) is 5.02 Å². The molecule has 5 nitrogen and oxygen atoms in total. The number of primary amides is 1. The second-order valence-corrected chi connectivity index (χ2v) is 4.22. The Balaban J connectivity index is 2.85. The Kier molecular flexibility index (Phi) is 4.97. The highest BCUT2D eigenvalue weighted by Crippen LogP contribution is 2.23. The van der Waals surface area contributed by atoms with Gasteiger partial charge >= 0.3 is 12.0 Å². The summed E-state index contributed by atoms with van der Waals surface area (Å²) in [5.74, 6) is -0.709. The van der Waals surface area contributed by atoms with Gasteiger partial charge in [-0.1, -0.05) is 23.7 Å². The molecule has 0 aliphatic rings. The summed E-state index contributed by atoms with van der Waals surface area (Å²) in [5.41, 5.74) is 6.46. The van der Waals surface area contributed by atoms with Crippen molar-refractivity contribution in [3.63, 3.8) is 0 Å². The summed E-state index contributed by atoms with van der Waals surface area (Å²) in [6, 6.07) is 4.58. The summed E-state index contributed by atoms with van der Waals surface area (Å²) in [6.45, 7) is 1.99. The van der Waals surface area contributed by atoms with E-state index in [9.17, 15) is 9.59 Å². The number of rotatable bonds is 4. The van der Waals surface area contributed by atoms with Crippen molar-refractivity contribution in [2.24, 2.45) is 5.73 Å². The molecule has 2 amide bonds. The van der Waals surface area contributed by atoms with E-state index < -0.39 is 6.03 Å². The van der Waals surface area contributed by atoms with Gasteiger partial charge in [-0.05, 0) is 24.1 Å². The predicted octanol–water partition coefficient (Wildman–Crippen LogP) is 1.78. The monoisotopic (exact) mass is 270 g/mol. The molecule has 0 spiro atoms. The molecule has 1 unspecified atom stereocenters. The molecular weight excluding hydrogens is 256 g/mol. The van der Waals surface area contributed by atoms with E-state index in [-0.39, 0.29) is 18.4 Å². The fraction of sp³-hybridized carbons (Fsp3) is 0.333. The predicted molar refractivity (Wildman–Crippen MR) is 68.3 cm³/mol. The van der Waals surface area contributed by atoms with Crippen LogP contribution in [-0.2, 0) is 16.1 Å². The van der Waals surface area contributed by atoms with Crippen LogP contribution in [-0.4, -0.2) is 19.1 Å². The first kappa shape index (κ1) is 14.3. The number of urea groups is 1. The van der Waals surface area contributed by atoms with Crippen LogP contribution >= 0.6 is 11.6 Å². The van der Waals surface area contributed by atoms with Crippen LogP contribution in [0.3, 0.4) is 0 Å². The minimum Gasteiger partial charge on any atom is -0.469 e. The number of methoxy groups -OCH3 is 1. The van der Waals surface area contributed by atoms with E-state index in [1.807, 2.05) is 0 Å². The zero-order valence-corrected chi connectivity index (χ0v) is 11.0. The molecule has 1 atom stereocenters. The largest absolute Gasteiger partial charge is 0.469 e. The van der Waals surface area contributed by atoms with Gasteiger partial charge in [-0.15, -0.1) is 0 Å². The number of ether oxygens (including phenoxy) is 1. The van der Waals surface area contributed by atoms with E-state index in [1.54, 1.807) is 25.1 Å². The Labute approximate surface area is 110 Å². The first-order valence-electron chi connectivity index (χ1n) is 5.35. The maximum atomic E-state index is 11.4. The molecule has 6 heteroatoms. The fourth-order valence-corrected chi connectivity index (χ4v) is 1.73. The van der Waals surface area contributed by atoms with Gasteiger partial charge in [0.05, 0.1) is 13.0 Å². The summed E-state index contributed by atoms with van der Waals surface area (Å²) < 4.78 is 4.66. The van der Waals surface area contributed by atoms with Gasteiger partial charge in [-0.25, -0.2) is 4.79 Å². The minimum absolute atomic E-state index is 0.251. The molecule has 0 fully saturated rings. The number of nitrogens with one attached hydrogen (secondary N) is 1. The van der Waals surface area contributed by atoms with Gasteiger partial charge in [-0.2, -0.15) is 0 Å². The van der Waals surface area contributed by atoms with Gasteiger partial charge in [-0.3, -0.25) is 4.79 Å². The van der Waals surface area contributed by atoms with Crippen molar-refractivity contribution in [2.75, 3.05) is 7.11 Å². The van der Waals surface area contributed by atoms with Crippen molar-refractivity contribution in [1.29, 1.82) is 0 Å². The number of amides is 2. The van der Waals surface area contributed by atoms with Crippen LogP contribution in [0.5, 0.6) is 0 Å². The fourth-order valence-electron chi connectivity index (χ4n) is 1.47. The van der Waals surface area contributed by atoms with Crippen molar-refractivity contribution in [2.45, 2.75) is 19.4 Å². The SMILES string of the molecule is COC(=O)C(C)c1ccc(CNC(N)=O)c(Cl)c1. The highest BCUT2D eigenvalue weighted by atomic mass is 35.5. The van der Waals surface area contributed by atoms with Gasteiger partial charge < -0.3 is 15.8 Å². The standard InChI is InChI=1S/C12H15ClN2O3/c1-7(11(16)18-2)8-3-4-9(10(13)5-8)6-15-12(14)17/h3-5,7H,6H2,1-2H3,(H3,14,15,17). The van der Waals surface area contributed by atoms with Gasteiger partial charge in [0.1, 0.15) is 0 Å². The molecule has 0 aromatic heterocycles. The normalized spacial score (nSPS) is 11.7. The number of carbonyl (C=O) groups excluding carboxylic acids is 2. The van der Waals surface area contributed by atoms with Crippen LogP contribution < -0.4 is 11.1 Å². The van der Waals surface area contributed by atoms with Crippen molar-refractivity contribution < 1.29 is 14.3 Å². The molecule has 1 aromatic rings. The number of hydrogen-bond donors (Lipinski definition) is 2. The summed E-state index contributed by atoms with van der Waals surface area (Å²) in [5, 5.41) is 2.92. The molecule has 0 aliphatic carbocycles. The number of nitrogens with two attached hydrogens (primary N) is 1. The lowest BCUT2D eigenvalue weighted by molar-refractivity contribution is -0.141. The molecule has 0 aliphatic heterocycles. The van der Waals surface area contributed by atoms with Gasteiger partial charge in [0.25, 0.3) is 0 Å². The molecule has 98 valence electrons. The third-order valence-electron chi connectivity index (χ3n) is 2.58. The Morgan fingerprint density at radius 1 is 1.50 bits per heavy atom. The number of benzene rings is 1. The third-order valence-corrected chi connectivity index (χ3v) is 2.94. The number of halogens is 1. The Morgan fingerprint density at radius 2 is 2.17 bits per heavy atom. The molecule has 0 radical (unpaired) electrons. The summed E-state index contributed by atoms with van der Waals surface area (Å²) >= 11 is 6.06. The molecule has 18 heavy (non-hydrogen) atoms. The average molecular weight is 271 g/mol. The molecule has 1 rings (SSSR count). The van der Waals surface area contributed by atoms with E-state index >= 15 is 0 Å². The lowest BCUT2D eigenvalue weighted by Crippen LogP contribution is -2.28. The Bertz CT molecular complexity index is 463. The van der Waals surface area contributed by atoms with Crippen LogP contribution in [0.15, 0.2) is 18.2 Å². The van der Waals surface area contributed by atoms with Gasteiger partial charge in [0.15, 0.2) is 0 Å². The Hall–Kier alpha value is -1.75. The second-order valence-electron chi connectivity index (χ2n) is 3.81. The molecule has 0 saturated carbocycles. The van der Waals surface area contributed by atoms with Crippen molar-refractivity contribution >= 4 is 23.6 Å². The van der Waals surface area contributed by atoms with Crippen LogP contribution in [0.4, 0.5) is 4.79 Å². The molecule has 1 aromatic carbocycles. The van der Waals surface area contributed by atoms with Crippen LogP contribution in [0.1, 0.15) is 24.0 Å². The van der Waals surface area contributed by atoms with Gasteiger partial charge in [0, 0.05) is 11.6 Å². The number of carbonyl (C=O) groups is 2. The maximum Gasteiger partial charge on any atom is 0.312 e. The second kappa shape index (κ2) is 6.26. The van der Waals surface area contributed by atoms with Crippen LogP contribution in [0, 0.1) is 0 Å². The van der Waals surface area contributed by atoms with Crippen molar-refractivity contribution in [3.05, 3.63) is 34.3 Å². The first-order chi connectivity index (χ1) is 8.45. The van der Waals surface area contributed by atoms with E-state index in [2.05, 4.69) is 10.1 Å². The zero-order chi connectivity index (χ0) is 13.7. The van der Waals surface area contributed by atoms with E-state index in [1.165, 1.54) is 7.11 Å². The number of esters is 1. The highest BCUT2D eigenvalue weighted by Gasteiger charge is 2.16. The molecule has 0 heterocycles. The summed E-state index contributed by atoms with van der Waals surface area (Å²) in [6.07, 6.45) is 0. The zero-order valence-electron chi connectivity index (χ0n) is 10.2. The van der Waals surface area contributed by atoms with Crippen molar-refractivity contribution in [3.8, 4) is 0 Å². The third kappa shape index (κ3) is 3.63. The topological polar surface area (TPSA) is 81.4 Å². The Morgan fingerprint density at radius 3 is 2.67 bits per heavy atom. The van der Waals surface area contributed by atoms with Crippen LogP contribution in [0.25, 0.3) is 0 Å². The average Bonchev–Trinajstić information content (AvgIpc) is 2.35. The first-order valence-corrected chi connectivity index (χ1v) is 5.73. The lowest BCUT2D eigenvalue weighted by Gasteiger charge is -2.12. The molecule has 3 N–H and O–H groups in total. The molecular formula is C12H15ClN2O3. The number of hydrogen-bond acceptors (Lipinski definition) is 3. The summed E-state index contributed by atoms with van der Waals surface area (Å²) in [7, 11) is 1.34. The van der Waals surface area contributed by atoms with E-state index in [0.717, 1.165) is 11.1 Å². The summed E-state index contributed by atoms with van der Waals surface area (Å²) in [4.78, 5) is 22.0. The molecule has 0 bridgehead atoms. The van der Waals surface area contributed by atoms with Crippen molar-refractivity contribution in [1.82, 2.24) is 5.32 Å². The highest BCUT2D eigenvalue weighted by molar-refractivity contribution is 6.31. The maximum absolute atomic E-state index is 11.4. The quantitative estimate of drug-likeness (QED) is 0.819. The van der Waals surface area contributed by atoms with E-state index in [4.69, 9.17) is 17.3 Å². The molecule has 0 saturated heterocycles. The van der Waals surface area contributed by atoms with E-state index in [0.29, 0.717) is 5.02 Å². The lowest BCUT2D eigenvalue weighted by atomic mass is 10.00.